The van der Waals surface area contributed by atoms with Crippen molar-refractivity contribution in [3.63, 3.8) is 0 Å². The first-order chi connectivity index (χ1) is 5.91. The highest BCUT2D eigenvalue weighted by Gasteiger charge is 2.23. The highest BCUT2D eigenvalue weighted by Crippen LogP contribution is 2.15. The van der Waals surface area contributed by atoms with Gasteiger partial charge < -0.3 is 14.6 Å². The first kappa shape index (κ1) is 12.4. The van der Waals surface area contributed by atoms with Crippen LogP contribution in [-0.4, -0.2) is 37.5 Å². The Hall–Kier alpha value is -0.610. The van der Waals surface area contributed by atoms with E-state index in [0.717, 1.165) is 0 Å². The van der Waals surface area contributed by atoms with Crippen LogP contribution in [-0.2, 0) is 14.3 Å². The number of esters is 1. The van der Waals surface area contributed by atoms with E-state index in [4.69, 9.17) is 14.6 Å². The third-order valence-electron chi connectivity index (χ3n) is 1.55. The van der Waals surface area contributed by atoms with Gasteiger partial charge in [0.1, 0.15) is 12.7 Å². The minimum absolute atomic E-state index is 0.100. The van der Waals surface area contributed by atoms with E-state index >= 15 is 0 Å². The number of aliphatic hydroxyl groups is 1. The number of hydrogen-bond donors (Lipinski definition) is 1. The molecule has 1 N–H and O–H groups in total. The SMILES string of the molecule is COC(CO)COC(=O)C(C)(C)C. The number of methoxy groups -OCH3 is 1. The van der Waals surface area contributed by atoms with E-state index < -0.39 is 11.5 Å². The quantitative estimate of drug-likeness (QED) is 0.659. The minimum atomic E-state index is -0.506. The molecule has 0 saturated carbocycles. The topological polar surface area (TPSA) is 55.8 Å². The van der Waals surface area contributed by atoms with Crippen molar-refractivity contribution in [3.05, 3.63) is 0 Å². The van der Waals surface area contributed by atoms with Crippen LogP contribution in [0.25, 0.3) is 0 Å². The third kappa shape index (κ3) is 4.85. The summed E-state index contributed by atoms with van der Waals surface area (Å²) in [4.78, 5) is 11.2. The molecular formula is C9H18O4. The zero-order valence-electron chi connectivity index (χ0n) is 8.66. The van der Waals surface area contributed by atoms with Gasteiger partial charge in [-0.15, -0.1) is 0 Å². The van der Waals surface area contributed by atoms with Crippen LogP contribution in [0.2, 0.25) is 0 Å². The maximum absolute atomic E-state index is 11.2. The fourth-order valence-corrected chi connectivity index (χ4v) is 0.580. The molecule has 0 bridgehead atoms. The maximum Gasteiger partial charge on any atom is 0.311 e. The highest BCUT2D eigenvalue weighted by atomic mass is 16.6. The smallest absolute Gasteiger partial charge is 0.311 e. The molecule has 0 aromatic heterocycles. The number of aliphatic hydroxyl groups excluding tert-OH is 1. The Kier molecular flexibility index (Phi) is 4.95. The summed E-state index contributed by atoms with van der Waals surface area (Å²) in [5.74, 6) is -0.289. The predicted molar refractivity (Wildman–Crippen MR) is 48.3 cm³/mol. The third-order valence-corrected chi connectivity index (χ3v) is 1.55. The molecule has 1 atom stereocenters. The van der Waals surface area contributed by atoms with E-state index in [1.165, 1.54) is 7.11 Å². The van der Waals surface area contributed by atoms with Gasteiger partial charge in [0.25, 0.3) is 0 Å². The van der Waals surface area contributed by atoms with Crippen molar-refractivity contribution < 1.29 is 19.4 Å². The molecule has 0 amide bonds. The zero-order chi connectivity index (χ0) is 10.5. The largest absolute Gasteiger partial charge is 0.462 e. The summed E-state index contributed by atoms with van der Waals surface area (Å²) in [6.07, 6.45) is -0.425. The van der Waals surface area contributed by atoms with E-state index in [-0.39, 0.29) is 19.2 Å². The molecule has 0 aromatic rings. The van der Waals surface area contributed by atoms with Crippen molar-refractivity contribution in [2.45, 2.75) is 26.9 Å². The monoisotopic (exact) mass is 190 g/mol. The first-order valence-corrected chi connectivity index (χ1v) is 4.22. The van der Waals surface area contributed by atoms with Crippen LogP contribution in [0.5, 0.6) is 0 Å². The number of rotatable bonds is 4. The summed E-state index contributed by atoms with van der Waals surface area (Å²) in [6.45, 7) is 5.28. The van der Waals surface area contributed by atoms with Crippen LogP contribution in [0.1, 0.15) is 20.8 Å². The second kappa shape index (κ2) is 5.19. The van der Waals surface area contributed by atoms with E-state index in [9.17, 15) is 4.79 Å². The summed E-state index contributed by atoms with van der Waals surface area (Å²) in [5.41, 5.74) is -0.506. The summed E-state index contributed by atoms with van der Waals surface area (Å²) in [7, 11) is 1.46. The molecule has 0 radical (unpaired) electrons. The van der Waals surface area contributed by atoms with Crippen molar-refractivity contribution in [1.29, 1.82) is 0 Å². The van der Waals surface area contributed by atoms with Gasteiger partial charge in [-0.25, -0.2) is 0 Å². The lowest BCUT2D eigenvalue weighted by Crippen LogP contribution is -2.29. The van der Waals surface area contributed by atoms with E-state index in [2.05, 4.69) is 0 Å². The zero-order valence-corrected chi connectivity index (χ0v) is 8.66. The number of ether oxygens (including phenoxy) is 2. The normalized spacial score (nSPS) is 13.9. The molecule has 0 aromatic carbocycles. The molecule has 0 aliphatic rings. The van der Waals surface area contributed by atoms with Crippen molar-refractivity contribution in [2.75, 3.05) is 20.3 Å². The highest BCUT2D eigenvalue weighted by molar-refractivity contribution is 5.75. The standard InChI is InChI=1S/C9H18O4/c1-9(2,3)8(11)13-6-7(5-10)12-4/h7,10H,5-6H2,1-4H3. The Morgan fingerprint density at radius 2 is 2.00 bits per heavy atom. The Labute approximate surface area is 78.8 Å². The molecule has 0 rings (SSSR count). The van der Waals surface area contributed by atoms with Crippen LogP contribution in [0.3, 0.4) is 0 Å². The minimum Gasteiger partial charge on any atom is -0.462 e. The second-order valence-corrected chi connectivity index (χ2v) is 3.89. The van der Waals surface area contributed by atoms with Gasteiger partial charge >= 0.3 is 5.97 Å². The van der Waals surface area contributed by atoms with Gasteiger partial charge in [-0.1, -0.05) is 0 Å². The second-order valence-electron chi connectivity index (χ2n) is 3.89. The van der Waals surface area contributed by atoms with Crippen molar-refractivity contribution in [2.24, 2.45) is 5.41 Å². The van der Waals surface area contributed by atoms with Gasteiger partial charge in [-0.3, -0.25) is 4.79 Å². The Balaban J connectivity index is 3.82. The molecule has 0 aliphatic carbocycles. The summed E-state index contributed by atoms with van der Waals surface area (Å²) >= 11 is 0. The van der Waals surface area contributed by atoms with Crippen molar-refractivity contribution in [1.82, 2.24) is 0 Å². The molecule has 13 heavy (non-hydrogen) atoms. The molecule has 0 spiro atoms. The van der Waals surface area contributed by atoms with Gasteiger partial charge in [0.15, 0.2) is 0 Å². The number of hydrogen-bond acceptors (Lipinski definition) is 4. The average Bonchev–Trinajstić information content (AvgIpc) is 2.04. The molecule has 1 unspecified atom stereocenters. The summed E-state index contributed by atoms with van der Waals surface area (Å²) in [5, 5.41) is 8.73. The van der Waals surface area contributed by atoms with E-state index in [1.807, 2.05) is 0 Å². The Morgan fingerprint density at radius 3 is 2.31 bits per heavy atom. The van der Waals surface area contributed by atoms with Crippen LogP contribution >= 0.6 is 0 Å². The average molecular weight is 190 g/mol. The lowest BCUT2D eigenvalue weighted by molar-refractivity contribution is -0.157. The van der Waals surface area contributed by atoms with Crippen molar-refractivity contribution in [3.8, 4) is 0 Å². The number of carbonyl (C=O) groups excluding carboxylic acids is 1. The van der Waals surface area contributed by atoms with Crippen LogP contribution in [0.15, 0.2) is 0 Å². The van der Waals surface area contributed by atoms with Gasteiger partial charge in [-0.2, -0.15) is 0 Å². The van der Waals surface area contributed by atoms with Crippen molar-refractivity contribution >= 4 is 5.97 Å². The fraction of sp³-hybridized carbons (Fsp3) is 0.889. The molecule has 4 heteroatoms. The maximum atomic E-state index is 11.2. The lowest BCUT2D eigenvalue weighted by Gasteiger charge is -2.19. The summed E-state index contributed by atoms with van der Waals surface area (Å²) < 4.78 is 9.76. The van der Waals surface area contributed by atoms with Crippen LogP contribution in [0.4, 0.5) is 0 Å². The molecule has 0 heterocycles. The molecule has 0 fully saturated rings. The van der Waals surface area contributed by atoms with E-state index in [0.29, 0.717) is 0 Å². The molecule has 0 aliphatic heterocycles. The van der Waals surface area contributed by atoms with Gasteiger partial charge in [0.2, 0.25) is 0 Å². The molecular weight excluding hydrogens is 172 g/mol. The van der Waals surface area contributed by atoms with Gasteiger partial charge in [0, 0.05) is 7.11 Å². The summed E-state index contributed by atoms with van der Waals surface area (Å²) in [6, 6.07) is 0. The van der Waals surface area contributed by atoms with Gasteiger partial charge in [0.05, 0.1) is 12.0 Å². The van der Waals surface area contributed by atoms with Crippen LogP contribution < -0.4 is 0 Å². The molecule has 4 nitrogen and oxygen atoms in total. The molecule has 0 saturated heterocycles. The predicted octanol–water partition coefficient (Wildman–Crippen LogP) is 0.583. The van der Waals surface area contributed by atoms with E-state index in [1.54, 1.807) is 20.8 Å². The number of carbonyl (C=O) groups is 1. The fourth-order valence-electron chi connectivity index (χ4n) is 0.580. The first-order valence-electron chi connectivity index (χ1n) is 4.22. The Morgan fingerprint density at radius 1 is 1.46 bits per heavy atom. The Bertz CT molecular complexity index is 155. The lowest BCUT2D eigenvalue weighted by atomic mass is 9.97. The van der Waals surface area contributed by atoms with Gasteiger partial charge in [-0.05, 0) is 20.8 Å². The molecule has 78 valence electrons. The van der Waals surface area contributed by atoms with Crippen LogP contribution in [0, 0.1) is 5.41 Å².